The first-order chi connectivity index (χ1) is 7.46. The molecule has 0 saturated heterocycles. The molecule has 0 radical (unpaired) electrons. The third kappa shape index (κ3) is 3.60. The molecule has 0 fully saturated rings. The molecule has 0 aliphatic heterocycles. The molecular formula is C10H14F3N3. The minimum atomic E-state index is -4.20. The van der Waals surface area contributed by atoms with Gasteiger partial charge in [0, 0.05) is 13.6 Å². The zero-order valence-electron chi connectivity index (χ0n) is 9.17. The second-order valence-corrected chi connectivity index (χ2v) is 3.31. The third-order valence-corrected chi connectivity index (χ3v) is 2.13. The summed E-state index contributed by atoms with van der Waals surface area (Å²) in [4.78, 5) is 5.11. The smallest absolute Gasteiger partial charge is 0.387 e. The van der Waals surface area contributed by atoms with E-state index in [9.17, 15) is 13.2 Å². The first-order valence-electron chi connectivity index (χ1n) is 4.90. The number of hydrogen-bond donors (Lipinski definition) is 1. The first-order valence-corrected chi connectivity index (χ1v) is 4.90. The van der Waals surface area contributed by atoms with Gasteiger partial charge in [0.15, 0.2) is 0 Å². The van der Waals surface area contributed by atoms with Crippen molar-refractivity contribution in [3.05, 3.63) is 18.5 Å². The van der Waals surface area contributed by atoms with Crippen molar-refractivity contribution in [3.8, 4) is 0 Å². The largest absolute Gasteiger partial charge is 0.405 e. The van der Waals surface area contributed by atoms with Gasteiger partial charge in [0.1, 0.15) is 6.54 Å². The summed E-state index contributed by atoms with van der Waals surface area (Å²) < 4.78 is 36.8. The highest BCUT2D eigenvalue weighted by Gasteiger charge is 2.30. The number of pyridine rings is 1. The predicted molar refractivity (Wildman–Crippen MR) is 57.7 cm³/mol. The quantitative estimate of drug-likeness (QED) is 0.866. The van der Waals surface area contributed by atoms with Gasteiger partial charge in [-0.25, -0.2) is 0 Å². The van der Waals surface area contributed by atoms with Crippen molar-refractivity contribution in [1.29, 1.82) is 0 Å². The van der Waals surface area contributed by atoms with Crippen molar-refractivity contribution in [2.75, 3.05) is 30.4 Å². The molecule has 0 aliphatic carbocycles. The van der Waals surface area contributed by atoms with Crippen LogP contribution in [0.4, 0.5) is 24.5 Å². The molecule has 0 saturated carbocycles. The first kappa shape index (κ1) is 12.6. The Bertz CT molecular complexity index is 338. The van der Waals surface area contributed by atoms with Gasteiger partial charge in [-0.05, 0) is 13.0 Å². The van der Waals surface area contributed by atoms with Crippen molar-refractivity contribution >= 4 is 11.4 Å². The van der Waals surface area contributed by atoms with Crippen LogP contribution in [0.1, 0.15) is 6.92 Å². The number of nitrogens with one attached hydrogen (secondary N) is 1. The van der Waals surface area contributed by atoms with Crippen molar-refractivity contribution < 1.29 is 13.2 Å². The maximum absolute atomic E-state index is 12.3. The molecule has 1 aromatic heterocycles. The van der Waals surface area contributed by atoms with E-state index in [0.717, 1.165) is 0 Å². The second kappa shape index (κ2) is 5.05. The van der Waals surface area contributed by atoms with E-state index >= 15 is 0 Å². The Kier molecular flexibility index (Phi) is 3.98. The lowest BCUT2D eigenvalue weighted by Crippen LogP contribution is -2.34. The Labute approximate surface area is 92.3 Å². The van der Waals surface area contributed by atoms with Crippen LogP contribution in [0.25, 0.3) is 0 Å². The average Bonchev–Trinajstić information content (AvgIpc) is 2.25. The molecule has 0 bridgehead atoms. The van der Waals surface area contributed by atoms with Crippen LogP contribution in [0, 0.1) is 0 Å². The minimum Gasteiger partial charge on any atom is -0.387 e. The molecule has 1 heterocycles. The van der Waals surface area contributed by atoms with Crippen LogP contribution in [-0.4, -0.2) is 31.3 Å². The molecule has 0 amide bonds. The third-order valence-electron chi connectivity index (χ3n) is 2.13. The predicted octanol–water partition coefficient (Wildman–Crippen LogP) is 2.51. The maximum atomic E-state index is 12.3. The molecule has 90 valence electrons. The molecular weight excluding hydrogens is 219 g/mol. The second-order valence-electron chi connectivity index (χ2n) is 3.31. The Hall–Kier alpha value is -1.46. The summed E-state index contributed by atoms with van der Waals surface area (Å²) in [5, 5.41) is 2.84. The summed E-state index contributed by atoms with van der Waals surface area (Å²) in [6, 6.07) is 1.64. The van der Waals surface area contributed by atoms with Gasteiger partial charge in [-0.3, -0.25) is 4.98 Å². The number of hydrogen-bond acceptors (Lipinski definition) is 3. The number of anilines is 2. The van der Waals surface area contributed by atoms with Gasteiger partial charge in [0.25, 0.3) is 0 Å². The molecule has 3 nitrogen and oxygen atoms in total. The fourth-order valence-electron chi connectivity index (χ4n) is 1.34. The Balaban J connectivity index is 2.86. The zero-order chi connectivity index (χ0) is 12.2. The van der Waals surface area contributed by atoms with E-state index in [1.54, 1.807) is 26.2 Å². The fraction of sp³-hybridized carbons (Fsp3) is 0.500. The van der Waals surface area contributed by atoms with E-state index in [-0.39, 0.29) is 6.54 Å². The van der Waals surface area contributed by atoms with Crippen LogP contribution in [0.3, 0.4) is 0 Å². The van der Waals surface area contributed by atoms with Crippen molar-refractivity contribution in [2.45, 2.75) is 13.1 Å². The highest BCUT2D eigenvalue weighted by Crippen LogP contribution is 2.23. The molecule has 1 aromatic rings. The van der Waals surface area contributed by atoms with Crippen LogP contribution in [-0.2, 0) is 0 Å². The summed E-state index contributed by atoms with van der Waals surface area (Å²) >= 11 is 0. The number of alkyl halides is 3. The molecule has 0 aliphatic rings. The highest BCUT2D eigenvalue weighted by atomic mass is 19.4. The summed E-state index contributed by atoms with van der Waals surface area (Å²) in [6.45, 7) is 1.00. The number of aromatic nitrogens is 1. The zero-order valence-corrected chi connectivity index (χ0v) is 9.17. The van der Waals surface area contributed by atoms with Crippen LogP contribution in [0.2, 0.25) is 0 Å². The standard InChI is InChI=1S/C10H14F3N3/c1-3-16(7-10(11,12)13)9-4-8(14-2)5-15-6-9/h4-6,14H,3,7H2,1-2H3. The van der Waals surface area contributed by atoms with E-state index < -0.39 is 12.7 Å². The molecule has 0 aromatic carbocycles. The van der Waals surface area contributed by atoms with E-state index in [1.807, 2.05) is 0 Å². The van der Waals surface area contributed by atoms with Gasteiger partial charge in [-0.15, -0.1) is 0 Å². The fourth-order valence-corrected chi connectivity index (χ4v) is 1.34. The van der Waals surface area contributed by atoms with Crippen LogP contribution in [0.5, 0.6) is 0 Å². The molecule has 0 atom stereocenters. The molecule has 16 heavy (non-hydrogen) atoms. The minimum absolute atomic E-state index is 0.286. The number of rotatable bonds is 4. The Morgan fingerprint density at radius 3 is 2.56 bits per heavy atom. The van der Waals surface area contributed by atoms with Gasteiger partial charge in [-0.1, -0.05) is 0 Å². The maximum Gasteiger partial charge on any atom is 0.405 e. The van der Waals surface area contributed by atoms with Gasteiger partial charge >= 0.3 is 6.18 Å². The van der Waals surface area contributed by atoms with E-state index in [2.05, 4.69) is 10.3 Å². The van der Waals surface area contributed by atoms with E-state index in [0.29, 0.717) is 11.4 Å². The van der Waals surface area contributed by atoms with Crippen molar-refractivity contribution in [2.24, 2.45) is 0 Å². The summed E-state index contributed by atoms with van der Waals surface area (Å²) in [5.41, 5.74) is 1.16. The van der Waals surface area contributed by atoms with Gasteiger partial charge in [-0.2, -0.15) is 13.2 Å². The topological polar surface area (TPSA) is 28.2 Å². The van der Waals surface area contributed by atoms with Crippen molar-refractivity contribution in [3.63, 3.8) is 0 Å². The monoisotopic (exact) mass is 233 g/mol. The number of nitrogens with zero attached hydrogens (tertiary/aromatic N) is 2. The van der Waals surface area contributed by atoms with E-state index in [1.165, 1.54) is 11.1 Å². The molecule has 1 N–H and O–H groups in total. The van der Waals surface area contributed by atoms with Crippen LogP contribution < -0.4 is 10.2 Å². The Morgan fingerprint density at radius 1 is 1.38 bits per heavy atom. The molecule has 6 heteroatoms. The summed E-state index contributed by atoms with van der Waals surface area (Å²) in [6.07, 6.45) is -1.22. The lowest BCUT2D eigenvalue weighted by atomic mass is 10.3. The molecule has 1 rings (SSSR count). The lowest BCUT2D eigenvalue weighted by Gasteiger charge is -2.24. The highest BCUT2D eigenvalue weighted by molar-refractivity contribution is 5.55. The number of halogens is 3. The van der Waals surface area contributed by atoms with E-state index in [4.69, 9.17) is 0 Å². The Morgan fingerprint density at radius 2 is 2.06 bits per heavy atom. The normalized spacial score (nSPS) is 11.3. The average molecular weight is 233 g/mol. The van der Waals surface area contributed by atoms with Gasteiger partial charge < -0.3 is 10.2 Å². The molecule has 0 unspecified atom stereocenters. The SMILES string of the molecule is CCN(CC(F)(F)F)c1cncc(NC)c1. The van der Waals surface area contributed by atoms with Gasteiger partial charge in [0.05, 0.1) is 23.8 Å². The molecule has 0 spiro atoms. The van der Waals surface area contributed by atoms with Crippen LogP contribution >= 0.6 is 0 Å². The summed E-state index contributed by atoms with van der Waals surface area (Å²) in [7, 11) is 1.70. The summed E-state index contributed by atoms with van der Waals surface area (Å²) in [5.74, 6) is 0. The lowest BCUT2D eigenvalue weighted by molar-refractivity contribution is -0.119. The van der Waals surface area contributed by atoms with Crippen molar-refractivity contribution in [1.82, 2.24) is 4.98 Å². The van der Waals surface area contributed by atoms with Crippen LogP contribution in [0.15, 0.2) is 18.5 Å². The van der Waals surface area contributed by atoms with Gasteiger partial charge in [0.2, 0.25) is 0 Å².